The second kappa shape index (κ2) is 10.9. The molecule has 0 unspecified atom stereocenters. The number of nitrogens with zero attached hydrogens (tertiary/aromatic N) is 3. The molecule has 10 heteroatoms. The topological polar surface area (TPSA) is 115 Å². The Kier molecular flexibility index (Phi) is 8.19. The predicted octanol–water partition coefficient (Wildman–Crippen LogP) is 2.72. The second-order valence-corrected chi connectivity index (χ2v) is 9.86. The van der Waals surface area contributed by atoms with Crippen molar-refractivity contribution < 1.29 is 13.2 Å². The Labute approximate surface area is 199 Å². The van der Waals surface area contributed by atoms with Crippen LogP contribution in [0.2, 0.25) is 0 Å². The van der Waals surface area contributed by atoms with Crippen molar-refractivity contribution in [2.75, 3.05) is 31.5 Å². The molecule has 3 aromatic rings. The summed E-state index contributed by atoms with van der Waals surface area (Å²) < 4.78 is 27.3. The molecule has 1 heterocycles. The highest BCUT2D eigenvalue weighted by Crippen LogP contribution is 2.23. The molecule has 2 aromatic carbocycles. The summed E-state index contributed by atoms with van der Waals surface area (Å²) in [5.41, 5.74) is 1.41. The van der Waals surface area contributed by atoms with Gasteiger partial charge in [-0.25, -0.2) is 13.4 Å². The molecule has 1 aromatic heterocycles. The zero-order valence-corrected chi connectivity index (χ0v) is 20.8. The molecule has 3 rings (SSSR count). The summed E-state index contributed by atoms with van der Waals surface area (Å²) in [6.07, 6.45) is 0. The number of aryl methyl sites for hydroxylation is 1. The molecule has 0 aliphatic rings. The number of aromatic amines is 1. The second-order valence-electron chi connectivity index (χ2n) is 7.95. The number of rotatable bonds is 10. The number of sulfonamides is 1. The van der Waals surface area contributed by atoms with Gasteiger partial charge in [-0.15, -0.1) is 0 Å². The molecule has 1 amide bonds. The first-order valence-electron chi connectivity index (χ1n) is 11.3. The van der Waals surface area contributed by atoms with Crippen LogP contribution in [-0.4, -0.2) is 59.7 Å². The van der Waals surface area contributed by atoms with Crippen molar-refractivity contribution in [2.45, 2.75) is 39.1 Å². The van der Waals surface area contributed by atoms with Gasteiger partial charge in [-0.05, 0) is 43.3 Å². The summed E-state index contributed by atoms with van der Waals surface area (Å²) in [5, 5.41) is 3.31. The van der Waals surface area contributed by atoms with E-state index < -0.39 is 10.0 Å². The first-order valence-corrected chi connectivity index (χ1v) is 12.7. The molecular formula is C24H31N5O4S. The third-order valence-electron chi connectivity index (χ3n) is 5.64. The monoisotopic (exact) mass is 485 g/mol. The maximum atomic E-state index is 13.0. The molecule has 0 atom stereocenters. The zero-order chi connectivity index (χ0) is 24.9. The van der Waals surface area contributed by atoms with Gasteiger partial charge >= 0.3 is 0 Å². The van der Waals surface area contributed by atoms with Gasteiger partial charge in [0, 0.05) is 18.8 Å². The lowest BCUT2D eigenvalue weighted by atomic mass is 10.2. The van der Waals surface area contributed by atoms with Gasteiger partial charge in [0.25, 0.3) is 5.56 Å². The number of hydrogen-bond donors (Lipinski definition) is 2. The number of para-hydroxylation sites is 1. The maximum Gasteiger partial charge on any atom is 0.258 e. The van der Waals surface area contributed by atoms with Crippen LogP contribution in [-0.2, 0) is 21.4 Å². The van der Waals surface area contributed by atoms with E-state index in [0.717, 1.165) is 0 Å². The number of aromatic nitrogens is 2. The standard InChI is InChI=1S/C24H31N5O4S/c1-5-28(15-22-26-20-11-9-8-10-19(20)24(31)27-22)16-23(30)25-18-13-12-17(4)21(14-18)34(32,33)29(6-2)7-3/h8-14H,5-7,15-16H2,1-4H3,(H,25,30)(H,26,27,31). The number of nitrogens with one attached hydrogen (secondary N) is 2. The highest BCUT2D eigenvalue weighted by Gasteiger charge is 2.24. The van der Waals surface area contributed by atoms with Gasteiger partial charge in [0.15, 0.2) is 0 Å². The minimum atomic E-state index is -3.65. The first kappa shape index (κ1) is 25.5. The molecule has 0 aliphatic carbocycles. The number of carbonyl (C=O) groups excluding carboxylic acids is 1. The summed E-state index contributed by atoms with van der Waals surface area (Å²) in [5.74, 6) is 0.182. The number of anilines is 1. The summed E-state index contributed by atoms with van der Waals surface area (Å²) in [6, 6.07) is 12.0. The molecule has 9 nitrogen and oxygen atoms in total. The Bertz CT molecular complexity index is 1330. The van der Waals surface area contributed by atoms with Gasteiger partial charge in [-0.2, -0.15) is 4.31 Å². The van der Waals surface area contributed by atoms with Crippen LogP contribution >= 0.6 is 0 Å². The Balaban J connectivity index is 1.74. The normalized spacial score (nSPS) is 11.9. The van der Waals surface area contributed by atoms with Crippen molar-refractivity contribution in [3.05, 3.63) is 64.2 Å². The van der Waals surface area contributed by atoms with Crippen molar-refractivity contribution in [2.24, 2.45) is 0 Å². The van der Waals surface area contributed by atoms with E-state index in [9.17, 15) is 18.0 Å². The minimum Gasteiger partial charge on any atom is -0.325 e. The minimum absolute atomic E-state index is 0.0546. The summed E-state index contributed by atoms with van der Waals surface area (Å²) in [4.78, 5) is 34.3. The van der Waals surface area contributed by atoms with Crippen LogP contribution in [0.3, 0.4) is 0 Å². The van der Waals surface area contributed by atoms with Crippen LogP contribution in [0.25, 0.3) is 10.9 Å². The van der Waals surface area contributed by atoms with Crippen molar-refractivity contribution in [3.8, 4) is 0 Å². The van der Waals surface area contributed by atoms with Gasteiger partial charge < -0.3 is 10.3 Å². The van der Waals surface area contributed by atoms with Gasteiger partial charge in [-0.1, -0.05) is 39.0 Å². The number of likely N-dealkylation sites (N-methyl/N-ethyl adjacent to an activating group) is 1. The number of hydrogen-bond acceptors (Lipinski definition) is 6. The van der Waals surface area contributed by atoms with E-state index in [2.05, 4.69) is 15.3 Å². The fourth-order valence-corrected chi connectivity index (χ4v) is 5.47. The summed E-state index contributed by atoms with van der Waals surface area (Å²) in [6.45, 7) is 8.86. The van der Waals surface area contributed by atoms with Crippen LogP contribution in [0.4, 0.5) is 5.69 Å². The van der Waals surface area contributed by atoms with Crippen molar-refractivity contribution in [1.82, 2.24) is 19.2 Å². The molecule has 0 saturated heterocycles. The number of fused-ring (bicyclic) bond motifs is 1. The quantitative estimate of drug-likeness (QED) is 0.456. The molecule has 34 heavy (non-hydrogen) atoms. The van der Waals surface area contributed by atoms with Crippen LogP contribution in [0, 0.1) is 6.92 Å². The Morgan fingerprint density at radius 2 is 1.76 bits per heavy atom. The van der Waals surface area contributed by atoms with Crippen molar-refractivity contribution in [3.63, 3.8) is 0 Å². The number of amides is 1. The number of benzene rings is 2. The Morgan fingerprint density at radius 3 is 2.44 bits per heavy atom. The summed E-state index contributed by atoms with van der Waals surface area (Å²) >= 11 is 0. The van der Waals surface area contributed by atoms with Crippen LogP contribution in [0.1, 0.15) is 32.2 Å². The van der Waals surface area contributed by atoms with Crippen molar-refractivity contribution in [1.29, 1.82) is 0 Å². The number of H-pyrrole nitrogens is 1. The average molecular weight is 486 g/mol. The van der Waals surface area contributed by atoms with E-state index in [4.69, 9.17) is 0 Å². The molecule has 0 aliphatic heterocycles. The van der Waals surface area contributed by atoms with E-state index in [1.165, 1.54) is 10.4 Å². The lowest BCUT2D eigenvalue weighted by Gasteiger charge is -2.21. The molecule has 0 bridgehead atoms. The molecule has 0 saturated carbocycles. The van der Waals surface area contributed by atoms with Crippen LogP contribution in [0.5, 0.6) is 0 Å². The third kappa shape index (κ3) is 5.69. The molecule has 0 spiro atoms. The van der Waals surface area contributed by atoms with Crippen LogP contribution in [0.15, 0.2) is 52.2 Å². The molecular weight excluding hydrogens is 454 g/mol. The van der Waals surface area contributed by atoms with E-state index in [1.54, 1.807) is 51.1 Å². The lowest BCUT2D eigenvalue weighted by molar-refractivity contribution is -0.117. The van der Waals surface area contributed by atoms with E-state index in [-0.39, 0.29) is 22.9 Å². The molecule has 182 valence electrons. The van der Waals surface area contributed by atoms with Crippen LogP contribution < -0.4 is 10.9 Å². The first-order chi connectivity index (χ1) is 16.2. The van der Waals surface area contributed by atoms with Crippen molar-refractivity contribution >= 4 is 32.5 Å². The highest BCUT2D eigenvalue weighted by molar-refractivity contribution is 7.89. The third-order valence-corrected chi connectivity index (χ3v) is 7.84. The van der Waals surface area contributed by atoms with E-state index in [1.807, 2.05) is 17.9 Å². The maximum absolute atomic E-state index is 13.0. The van der Waals surface area contributed by atoms with Gasteiger partial charge in [-0.3, -0.25) is 14.5 Å². The molecule has 2 N–H and O–H groups in total. The van der Waals surface area contributed by atoms with E-state index >= 15 is 0 Å². The van der Waals surface area contributed by atoms with Gasteiger partial charge in [0.2, 0.25) is 15.9 Å². The summed E-state index contributed by atoms with van der Waals surface area (Å²) in [7, 11) is -3.65. The number of carbonyl (C=O) groups is 1. The Morgan fingerprint density at radius 1 is 1.06 bits per heavy atom. The fourth-order valence-electron chi connectivity index (χ4n) is 3.76. The molecule has 0 radical (unpaired) electrons. The SMILES string of the molecule is CCN(CC(=O)Nc1ccc(C)c(S(=O)(=O)N(CC)CC)c1)Cc1nc2ccccc2c(=O)[nH]1. The molecule has 0 fully saturated rings. The lowest BCUT2D eigenvalue weighted by Crippen LogP contribution is -2.34. The zero-order valence-electron chi connectivity index (χ0n) is 20.0. The average Bonchev–Trinajstić information content (AvgIpc) is 2.80. The predicted molar refractivity (Wildman–Crippen MR) is 133 cm³/mol. The van der Waals surface area contributed by atoms with Gasteiger partial charge in [0.05, 0.1) is 28.9 Å². The smallest absolute Gasteiger partial charge is 0.258 e. The largest absolute Gasteiger partial charge is 0.325 e. The van der Waals surface area contributed by atoms with Gasteiger partial charge in [0.1, 0.15) is 5.82 Å². The highest BCUT2D eigenvalue weighted by atomic mass is 32.2. The van der Waals surface area contributed by atoms with E-state index in [0.29, 0.717) is 54.2 Å². The fraction of sp³-hybridized carbons (Fsp3) is 0.375. The Hall–Kier alpha value is -3.08.